The van der Waals surface area contributed by atoms with Crippen molar-refractivity contribution in [3.05, 3.63) is 29.8 Å². The van der Waals surface area contributed by atoms with Crippen LogP contribution in [0.5, 0.6) is 0 Å². The fraction of sp³-hybridized carbons (Fsp3) is 0.300. The lowest BCUT2D eigenvalue weighted by atomic mass is 10.1. The molecule has 0 N–H and O–H groups in total. The number of Topliss-reactive ketones (excluding diaryl/α,β-unsaturated/α-hetero) is 1. The van der Waals surface area contributed by atoms with E-state index in [-0.39, 0.29) is 24.2 Å². The zero-order chi connectivity index (χ0) is 11.3. The minimum atomic E-state index is -0.570. The molecule has 0 fully saturated rings. The number of pyridine rings is 1. The highest BCUT2D eigenvalue weighted by molar-refractivity contribution is 5.97. The van der Waals surface area contributed by atoms with Crippen LogP contribution >= 0.6 is 0 Å². The van der Waals surface area contributed by atoms with E-state index in [9.17, 15) is 14.0 Å². The second-order valence-corrected chi connectivity index (χ2v) is 2.89. The summed E-state index contributed by atoms with van der Waals surface area (Å²) >= 11 is 0. The largest absolute Gasteiger partial charge is 0.469 e. The molecule has 0 radical (unpaired) electrons. The number of methoxy groups -OCH3 is 1. The van der Waals surface area contributed by atoms with Crippen LogP contribution in [0.2, 0.25) is 0 Å². The normalized spacial score (nSPS) is 9.73. The molecule has 4 nitrogen and oxygen atoms in total. The predicted molar refractivity (Wildman–Crippen MR) is 49.8 cm³/mol. The van der Waals surface area contributed by atoms with Gasteiger partial charge in [-0.25, -0.2) is 4.39 Å². The number of hydrogen-bond donors (Lipinski definition) is 0. The first-order chi connectivity index (χ1) is 7.13. The fourth-order valence-corrected chi connectivity index (χ4v) is 1.03. The highest BCUT2D eigenvalue weighted by atomic mass is 19.1. The van der Waals surface area contributed by atoms with E-state index < -0.39 is 11.8 Å². The molecular weight excluding hydrogens is 201 g/mol. The van der Waals surface area contributed by atoms with Crippen molar-refractivity contribution in [1.82, 2.24) is 4.98 Å². The van der Waals surface area contributed by atoms with E-state index in [1.165, 1.54) is 13.3 Å². The Morgan fingerprint density at radius 3 is 2.73 bits per heavy atom. The SMILES string of the molecule is COC(=O)CCC(=O)c1cncc(F)c1. The first-order valence-corrected chi connectivity index (χ1v) is 4.34. The lowest BCUT2D eigenvalue weighted by molar-refractivity contribution is -0.140. The van der Waals surface area contributed by atoms with Gasteiger partial charge in [0.05, 0.1) is 19.7 Å². The molecule has 0 aromatic carbocycles. The van der Waals surface area contributed by atoms with Gasteiger partial charge in [0.1, 0.15) is 5.82 Å². The van der Waals surface area contributed by atoms with Crippen LogP contribution in [-0.4, -0.2) is 23.8 Å². The van der Waals surface area contributed by atoms with E-state index in [4.69, 9.17) is 0 Å². The minimum Gasteiger partial charge on any atom is -0.469 e. The van der Waals surface area contributed by atoms with Gasteiger partial charge in [0, 0.05) is 18.2 Å². The van der Waals surface area contributed by atoms with E-state index in [1.807, 2.05) is 0 Å². The maximum Gasteiger partial charge on any atom is 0.305 e. The highest BCUT2D eigenvalue weighted by Gasteiger charge is 2.10. The van der Waals surface area contributed by atoms with Gasteiger partial charge in [0.15, 0.2) is 5.78 Å². The van der Waals surface area contributed by atoms with Crippen LogP contribution < -0.4 is 0 Å². The molecule has 0 spiro atoms. The molecule has 1 aromatic rings. The summed E-state index contributed by atoms with van der Waals surface area (Å²) in [6, 6.07) is 1.09. The lowest BCUT2D eigenvalue weighted by Gasteiger charge is -1.99. The van der Waals surface area contributed by atoms with Crippen molar-refractivity contribution in [3.63, 3.8) is 0 Å². The first kappa shape index (κ1) is 11.3. The average Bonchev–Trinajstić information content (AvgIpc) is 2.25. The van der Waals surface area contributed by atoms with Crippen molar-refractivity contribution >= 4 is 11.8 Å². The van der Waals surface area contributed by atoms with Gasteiger partial charge in [-0.15, -0.1) is 0 Å². The number of aromatic nitrogens is 1. The number of esters is 1. The van der Waals surface area contributed by atoms with Gasteiger partial charge in [0.2, 0.25) is 0 Å². The summed E-state index contributed by atoms with van der Waals surface area (Å²) in [5.74, 6) is -1.36. The van der Waals surface area contributed by atoms with Gasteiger partial charge < -0.3 is 4.74 Å². The van der Waals surface area contributed by atoms with Crippen LogP contribution in [0.25, 0.3) is 0 Å². The van der Waals surface area contributed by atoms with Crippen LogP contribution in [0.1, 0.15) is 23.2 Å². The molecular formula is C10H10FNO3. The van der Waals surface area contributed by atoms with Crippen molar-refractivity contribution in [2.45, 2.75) is 12.8 Å². The van der Waals surface area contributed by atoms with E-state index >= 15 is 0 Å². The van der Waals surface area contributed by atoms with Crippen molar-refractivity contribution in [3.8, 4) is 0 Å². The van der Waals surface area contributed by atoms with Crippen LogP contribution in [0, 0.1) is 5.82 Å². The van der Waals surface area contributed by atoms with Crippen molar-refractivity contribution in [2.75, 3.05) is 7.11 Å². The summed E-state index contributed by atoms with van der Waals surface area (Å²) in [5, 5.41) is 0. The second kappa shape index (κ2) is 5.19. The average molecular weight is 211 g/mol. The number of hydrogen-bond acceptors (Lipinski definition) is 4. The Hall–Kier alpha value is -1.78. The van der Waals surface area contributed by atoms with Gasteiger partial charge in [-0.2, -0.15) is 0 Å². The molecule has 1 rings (SSSR count). The summed E-state index contributed by atoms with van der Waals surface area (Å²) in [4.78, 5) is 25.7. The van der Waals surface area contributed by atoms with Gasteiger partial charge in [-0.3, -0.25) is 14.6 Å². The number of nitrogens with zero attached hydrogens (tertiary/aromatic N) is 1. The van der Waals surface area contributed by atoms with E-state index in [0.717, 1.165) is 12.3 Å². The van der Waals surface area contributed by atoms with E-state index in [0.29, 0.717) is 0 Å². The number of rotatable bonds is 4. The molecule has 0 atom stereocenters. The molecule has 1 heterocycles. The molecule has 0 bridgehead atoms. The number of ether oxygens (including phenoxy) is 1. The Labute approximate surface area is 86.1 Å². The standard InChI is InChI=1S/C10H10FNO3/c1-15-10(14)3-2-9(13)7-4-8(11)6-12-5-7/h4-6H,2-3H2,1H3. The second-order valence-electron chi connectivity index (χ2n) is 2.89. The third kappa shape index (κ3) is 3.46. The predicted octanol–water partition coefficient (Wildman–Crippen LogP) is 1.36. The van der Waals surface area contributed by atoms with Crippen LogP contribution in [0.3, 0.4) is 0 Å². The summed E-state index contributed by atoms with van der Waals surface area (Å²) < 4.78 is 17.1. The van der Waals surface area contributed by atoms with Crippen LogP contribution in [0.4, 0.5) is 4.39 Å². The lowest BCUT2D eigenvalue weighted by Crippen LogP contribution is -2.06. The summed E-state index contributed by atoms with van der Waals surface area (Å²) in [6.45, 7) is 0. The molecule has 1 aromatic heterocycles. The molecule has 80 valence electrons. The fourth-order valence-electron chi connectivity index (χ4n) is 1.03. The molecule has 15 heavy (non-hydrogen) atoms. The Kier molecular flexibility index (Phi) is 3.91. The zero-order valence-electron chi connectivity index (χ0n) is 8.20. The Bertz CT molecular complexity index is 379. The molecule has 5 heteroatoms. The monoisotopic (exact) mass is 211 g/mol. The Morgan fingerprint density at radius 2 is 2.13 bits per heavy atom. The number of carbonyl (C=O) groups excluding carboxylic acids is 2. The first-order valence-electron chi connectivity index (χ1n) is 4.34. The zero-order valence-corrected chi connectivity index (χ0v) is 8.20. The van der Waals surface area contributed by atoms with Crippen molar-refractivity contribution in [2.24, 2.45) is 0 Å². The molecule has 0 aliphatic heterocycles. The Balaban J connectivity index is 2.58. The minimum absolute atomic E-state index is 0.00218. The van der Waals surface area contributed by atoms with Gasteiger partial charge >= 0.3 is 5.97 Å². The van der Waals surface area contributed by atoms with E-state index in [1.54, 1.807) is 0 Å². The summed E-state index contributed by atoms with van der Waals surface area (Å²) in [7, 11) is 1.25. The number of halogens is 1. The smallest absolute Gasteiger partial charge is 0.305 e. The topological polar surface area (TPSA) is 56.3 Å². The van der Waals surface area contributed by atoms with E-state index in [2.05, 4.69) is 9.72 Å². The molecule has 0 unspecified atom stereocenters. The quantitative estimate of drug-likeness (QED) is 0.557. The maximum atomic E-state index is 12.7. The summed E-state index contributed by atoms with van der Waals surface area (Å²) in [6.07, 6.45) is 2.27. The highest BCUT2D eigenvalue weighted by Crippen LogP contribution is 2.06. The Morgan fingerprint density at radius 1 is 1.40 bits per heavy atom. The number of carbonyl (C=O) groups is 2. The van der Waals surface area contributed by atoms with Gasteiger partial charge in [-0.05, 0) is 6.07 Å². The van der Waals surface area contributed by atoms with Gasteiger partial charge in [0.25, 0.3) is 0 Å². The molecule has 0 saturated heterocycles. The molecule has 0 saturated carbocycles. The molecule has 0 amide bonds. The van der Waals surface area contributed by atoms with Crippen LogP contribution in [-0.2, 0) is 9.53 Å². The summed E-state index contributed by atoms with van der Waals surface area (Å²) in [5.41, 5.74) is 0.166. The molecule has 0 aliphatic carbocycles. The van der Waals surface area contributed by atoms with Crippen LogP contribution in [0.15, 0.2) is 18.5 Å². The maximum absolute atomic E-state index is 12.7. The van der Waals surface area contributed by atoms with Gasteiger partial charge in [-0.1, -0.05) is 0 Å². The number of ketones is 1. The third-order valence-electron chi connectivity index (χ3n) is 1.81. The third-order valence-corrected chi connectivity index (χ3v) is 1.81. The molecule has 0 aliphatic rings. The van der Waals surface area contributed by atoms with Crippen molar-refractivity contribution in [1.29, 1.82) is 0 Å². The van der Waals surface area contributed by atoms with Crippen molar-refractivity contribution < 1.29 is 18.7 Å².